The van der Waals surface area contributed by atoms with Gasteiger partial charge in [-0.25, -0.2) is 0 Å². The molecule has 2 unspecified atom stereocenters. The summed E-state index contributed by atoms with van der Waals surface area (Å²) in [5, 5.41) is 10.1. The Labute approximate surface area is 120 Å². The highest BCUT2D eigenvalue weighted by atomic mass is 16.5. The lowest BCUT2D eigenvalue weighted by atomic mass is 10.2. The van der Waals surface area contributed by atoms with Crippen molar-refractivity contribution in [2.24, 2.45) is 0 Å². The van der Waals surface area contributed by atoms with E-state index in [1.54, 1.807) is 6.07 Å². The van der Waals surface area contributed by atoms with Gasteiger partial charge >= 0.3 is 0 Å². The van der Waals surface area contributed by atoms with Crippen molar-refractivity contribution in [1.29, 1.82) is 0 Å². The highest BCUT2D eigenvalue weighted by Crippen LogP contribution is 2.20. The molecule has 5 heteroatoms. The van der Waals surface area contributed by atoms with Crippen molar-refractivity contribution in [1.82, 2.24) is 9.80 Å². The lowest BCUT2D eigenvalue weighted by molar-refractivity contribution is 0.0741. The first kappa shape index (κ1) is 15.1. The van der Waals surface area contributed by atoms with Crippen molar-refractivity contribution in [2.45, 2.75) is 18.6 Å². The average molecular weight is 279 g/mol. The van der Waals surface area contributed by atoms with Gasteiger partial charge < -0.3 is 20.5 Å². The maximum atomic E-state index is 10.1. The first-order valence-corrected chi connectivity index (χ1v) is 7.10. The highest BCUT2D eigenvalue weighted by molar-refractivity contribution is 5.51. The summed E-state index contributed by atoms with van der Waals surface area (Å²) < 4.78 is 5.57. The molecule has 20 heavy (non-hydrogen) atoms. The monoisotopic (exact) mass is 279 g/mol. The standard InChI is InChI=1S/C15H25N3O2/c1-17(2)12-7-8-18(9-12)10-13(19)11-20-15-6-4-3-5-14(15)16/h3-6,12-13,19H,7-11,16H2,1-2H3. The van der Waals surface area contributed by atoms with E-state index in [0.29, 0.717) is 24.0 Å². The third kappa shape index (κ3) is 4.10. The molecule has 0 aromatic heterocycles. The van der Waals surface area contributed by atoms with Gasteiger partial charge in [-0.05, 0) is 39.2 Å². The van der Waals surface area contributed by atoms with Gasteiger partial charge in [-0.15, -0.1) is 0 Å². The summed E-state index contributed by atoms with van der Waals surface area (Å²) in [5.41, 5.74) is 6.40. The maximum Gasteiger partial charge on any atom is 0.142 e. The molecule has 2 atom stereocenters. The third-order valence-electron chi connectivity index (χ3n) is 3.80. The number of nitrogens with two attached hydrogens (primary N) is 1. The Morgan fingerprint density at radius 2 is 2.20 bits per heavy atom. The Morgan fingerprint density at radius 1 is 1.45 bits per heavy atom. The smallest absolute Gasteiger partial charge is 0.142 e. The summed E-state index contributed by atoms with van der Waals surface area (Å²) in [6.45, 7) is 2.97. The fourth-order valence-corrected chi connectivity index (χ4v) is 2.55. The second-order valence-corrected chi connectivity index (χ2v) is 5.67. The third-order valence-corrected chi connectivity index (χ3v) is 3.80. The quantitative estimate of drug-likeness (QED) is 0.749. The topological polar surface area (TPSA) is 62.0 Å². The number of aliphatic hydroxyl groups is 1. The summed E-state index contributed by atoms with van der Waals surface area (Å²) in [6, 6.07) is 7.95. The molecule has 0 spiro atoms. The second-order valence-electron chi connectivity index (χ2n) is 5.67. The van der Waals surface area contributed by atoms with Crippen molar-refractivity contribution in [3.05, 3.63) is 24.3 Å². The molecule has 0 radical (unpaired) electrons. The van der Waals surface area contributed by atoms with Crippen LogP contribution in [0.1, 0.15) is 6.42 Å². The Hall–Kier alpha value is -1.30. The minimum atomic E-state index is -0.490. The van der Waals surface area contributed by atoms with Crippen molar-refractivity contribution in [3.8, 4) is 5.75 Å². The molecular formula is C15H25N3O2. The van der Waals surface area contributed by atoms with Crippen molar-refractivity contribution < 1.29 is 9.84 Å². The number of β-amino-alcohol motifs (C(OH)–C–C–N with tert-alkyl or cyclic N) is 1. The Balaban J connectivity index is 1.74. The summed E-state index contributed by atoms with van der Waals surface area (Å²) >= 11 is 0. The Kier molecular flexibility index (Phi) is 5.23. The Morgan fingerprint density at radius 3 is 2.85 bits per heavy atom. The van der Waals surface area contributed by atoms with Gasteiger partial charge in [-0.1, -0.05) is 12.1 Å². The van der Waals surface area contributed by atoms with Crippen LogP contribution in [0.15, 0.2) is 24.3 Å². The molecule has 1 saturated heterocycles. The van der Waals surface area contributed by atoms with E-state index in [2.05, 4.69) is 23.9 Å². The number of aliphatic hydroxyl groups excluding tert-OH is 1. The van der Waals surface area contributed by atoms with Crippen LogP contribution in [-0.4, -0.2) is 67.4 Å². The number of anilines is 1. The number of ether oxygens (including phenoxy) is 1. The minimum absolute atomic E-state index is 0.275. The number of nitrogens with zero attached hydrogens (tertiary/aromatic N) is 2. The van der Waals surface area contributed by atoms with Crippen LogP contribution in [0.25, 0.3) is 0 Å². The van der Waals surface area contributed by atoms with Crippen LogP contribution in [0.2, 0.25) is 0 Å². The molecule has 0 aliphatic carbocycles. The molecule has 0 saturated carbocycles. The van der Waals surface area contributed by atoms with Crippen molar-refractivity contribution >= 4 is 5.69 Å². The SMILES string of the molecule is CN(C)C1CCN(CC(O)COc2ccccc2N)C1. The van der Waals surface area contributed by atoms with E-state index in [1.807, 2.05) is 18.2 Å². The molecule has 1 aliphatic heterocycles. The van der Waals surface area contributed by atoms with E-state index in [0.717, 1.165) is 19.5 Å². The number of hydrogen-bond acceptors (Lipinski definition) is 5. The molecule has 1 fully saturated rings. The highest BCUT2D eigenvalue weighted by Gasteiger charge is 2.25. The van der Waals surface area contributed by atoms with E-state index in [4.69, 9.17) is 10.5 Å². The van der Waals surface area contributed by atoms with Crippen LogP contribution in [0, 0.1) is 0 Å². The second kappa shape index (κ2) is 6.92. The van der Waals surface area contributed by atoms with Gasteiger partial charge in [0.25, 0.3) is 0 Å². The zero-order valence-electron chi connectivity index (χ0n) is 12.3. The first-order valence-electron chi connectivity index (χ1n) is 7.10. The van der Waals surface area contributed by atoms with Gasteiger partial charge in [0, 0.05) is 19.1 Å². The summed E-state index contributed by atoms with van der Waals surface area (Å²) in [4.78, 5) is 4.53. The molecule has 1 aromatic carbocycles. The first-order chi connectivity index (χ1) is 9.56. The van der Waals surface area contributed by atoms with Gasteiger partial charge in [0.05, 0.1) is 5.69 Å². The number of rotatable bonds is 6. The molecule has 3 N–H and O–H groups in total. The normalized spacial score (nSPS) is 21.3. The predicted molar refractivity (Wildman–Crippen MR) is 80.9 cm³/mol. The lowest BCUT2D eigenvalue weighted by Crippen LogP contribution is -2.37. The minimum Gasteiger partial charge on any atom is -0.489 e. The van der Waals surface area contributed by atoms with Crippen molar-refractivity contribution in [3.63, 3.8) is 0 Å². The number of benzene rings is 1. The molecular weight excluding hydrogens is 254 g/mol. The fourth-order valence-electron chi connectivity index (χ4n) is 2.55. The molecule has 1 heterocycles. The number of likely N-dealkylation sites (tertiary alicyclic amines) is 1. The van der Waals surface area contributed by atoms with Crippen LogP contribution < -0.4 is 10.5 Å². The summed E-state index contributed by atoms with van der Waals surface area (Å²) in [7, 11) is 4.21. The van der Waals surface area contributed by atoms with Crippen LogP contribution >= 0.6 is 0 Å². The van der Waals surface area contributed by atoms with E-state index >= 15 is 0 Å². The molecule has 1 aliphatic rings. The van der Waals surface area contributed by atoms with Gasteiger partial charge in [0.1, 0.15) is 18.5 Å². The van der Waals surface area contributed by atoms with Crippen LogP contribution in [0.4, 0.5) is 5.69 Å². The van der Waals surface area contributed by atoms with Gasteiger partial charge in [0.15, 0.2) is 0 Å². The fraction of sp³-hybridized carbons (Fsp3) is 0.600. The summed E-state index contributed by atoms with van der Waals surface area (Å²) in [5.74, 6) is 0.638. The van der Waals surface area contributed by atoms with Gasteiger partial charge in [-0.3, -0.25) is 4.90 Å². The van der Waals surface area contributed by atoms with E-state index in [9.17, 15) is 5.11 Å². The number of nitrogen functional groups attached to an aromatic ring is 1. The van der Waals surface area contributed by atoms with E-state index < -0.39 is 6.10 Å². The molecule has 2 rings (SSSR count). The average Bonchev–Trinajstić information content (AvgIpc) is 2.86. The molecule has 112 valence electrons. The molecule has 0 bridgehead atoms. The van der Waals surface area contributed by atoms with Crippen molar-refractivity contribution in [2.75, 3.05) is 46.1 Å². The zero-order chi connectivity index (χ0) is 14.5. The van der Waals surface area contributed by atoms with E-state index in [-0.39, 0.29) is 6.61 Å². The molecule has 1 aromatic rings. The summed E-state index contributed by atoms with van der Waals surface area (Å²) in [6.07, 6.45) is 0.669. The Bertz CT molecular complexity index is 425. The predicted octanol–water partition coefficient (Wildman–Crippen LogP) is 0.644. The largest absolute Gasteiger partial charge is 0.489 e. The van der Waals surface area contributed by atoms with E-state index in [1.165, 1.54) is 0 Å². The zero-order valence-corrected chi connectivity index (χ0v) is 12.3. The maximum absolute atomic E-state index is 10.1. The van der Waals surface area contributed by atoms with Gasteiger partial charge in [0.2, 0.25) is 0 Å². The lowest BCUT2D eigenvalue weighted by Gasteiger charge is -2.22. The van der Waals surface area contributed by atoms with Gasteiger partial charge in [-0.2, -0.15) is 0 Å². The molecule has 5 nitrogen and oxygen atoms in total. The number of hydrogen-bond donors (Lipinski definition) is 2. The van der Waals surface area contributed by atoms with Crippen LogP contribution in [0.5, 0.6) is 5.75 Å². The number of para-hydroxylation sites is 2. The molecule has 0 amide bonds. The number of likely N-dealkylation sites (N-methyl/N-ethyl adjacent to an activating group) is 1. The van der Waals surface area contributed by atoms with Crippen LogP contribution in [0.3, 0.4) is 0 Å². The van der Waals surface area contributed by atoms with Crippen LogP contribution in [-0.2, 0) is 0 Å².